The topological polar surface area (TPSA) is 21.3 Å². The average Bonchev–Trinajstić information content (AvgIpc) is 2.19. The van der Waals surface area contributed by atoms with E-state index in [4.69, 9.17) is 4.74 Å². The number of rotatable bonds is 6. The van der Waals surface area contributed by atoms with E-state index in [0.717, 1.165) is 24.6 Å². The van der Waals surface area contributed by atoms with Gasteiger partial charge >= 0.3 is 0 Å². The van der Waals surface area contributed by atoms with Crippen molar-refractivity contribution in [3.05, 3.63) is 30.3 Å². The second-order valence-corrected chi connectivity index (χ2v) is 3.08. The van der Waals surface area contributed by atoms with Crippen molar-refractivity contribution in [2.75, 3.05) is 25.4 Å². The molecule has 0 fully saturated rings. The summed E-state index contributed by atoms with van der Waals surface area (Å²) < 4.78 is 5.47. The van der Waals surface area contributed by atoms with Gasteiger partial charge in [0.05, 0.1) is 0 Å². The summed E-state index contributed by atoms with van der Waals surface area (Å²) in [5.74, 6) is 1.79. The van der Waals surface area contributed by atoms with E-state index in [0.29, 0.717) is 6.61 Å². The molecule has 1 rings (SSSR count). The highest BCUT2D eigenvalue weighted by atomic mass is 35.5. The molecule has 1 aromatic carbocycles. The zero-order valence-electron chi connectivity index (χ0n) is 7.98. The summed E-state index contributed by atoms with van der Waals surface area (Å²) in [7, 11) is 0. The van der Waals surface area contributed by atoms with E-state index >= 15 is 0 Å². The molecule has 0 atom stereocenters. The SMILES string of the molecule is Cl.SCCNCCOc1ccccc1. The first kappa shape index (κ1) is 13.6. The van der Waals surface area contributed by atoms with E-state index in [2.05, 4.69) is 17.9 Å². The third kappa shape index (κ3) is 6.13. The van der Waals surface area contributed by atoms with E-state index in [1.54, 1.807) is 0 Å². The van der Waals surface area contributed by atoms with Crippen molar-refractivity contribution in [1.82, 2.24) is 5.32 Å². The lowest BCUT2D eigenvalue weighted by Crippen LogP contribution is -2.22. The molecule has 1 N–H and O–H groups in total. The minimum Gasteiger partial charge on any atom is -0.492 e. The summed E-state index contributed by atoms with van der Waals surface area (Å²) in [5.41, 5.74) is 0. The molecule has 0 bridgehead atoms. The lowest BCUT2D eigenvalue weighted by Gasteiger charge is -2.05. The lowest BCUT2D eigenvalue weighted by molar-refractivity contribution is 0.315. The Morgan fingerprint density at radius 2 is 1.86 bits per heavy atom. The van der Waals surface area contributed by atoms with Crippen LogP contribution >= 0.6 is 25.0 Å². The molecule has 0 saturated carbocycles. The predicted octanol–water partition coefficient (Wildman–Crippen LogP) is 2.01. The third-order valence-corrected chi connectivity index (χ3v) is 1.80. The van der Waals surface area contributed by atoms with Gasteiger partial charge in [0.2, 0.25) is 0 Å². The van der Waals surface area contributed by atoms with E-state index in [1.807, 2.05) is 30.3 Å². The first-order valence-electron chi connectivity index (χ1n) is 4.43. The monoisotopic (exact) mass is 233 g/mol. The summed E-state index contributed by atoms with van der Waals surface area (Å²) in [6.45, 7) is 2.51. The van der Waals surface area contributed by atoms with Gasteiger partial charge < -0.3 is 10.1 Å². The fourth-order valence-corrected chi connectivity index (χ4v) is 1.12. The van der Waals surface area contributed by atoms with E-state index in [1.165, 1.54) is 0 Å². The van der Waals surface area contributed by atoms with Gasteiger partial charge in [0.15, 0.2) is 0 Å². The molecule has 1 aromatic rings. The average molecular weight is 234 g/mol. The summed E-state index contributed by atoms with van der Waals surface area (Å²) >= 11 is 4.09. The highest BCUT2D eigenvalue weighted by molar-refractivity contribution is 7.80. The fourth-order valence-electron chi connectivity index (χ4n) is 0.962. The van der Waals surface area contributed by atoms with Gasteiger partial charge in [-0.05, 0) is 12.1 Å². The molecule has 0 aromatic heterocycles. The Labute approximate surface area is 96.9 Å². The van der Waals surface area contributed by atoms with Crippen molar-refractivity contribution in [1.29, 1.82) is 0 Å². The Hall–Kier alpha value is -0.380. The van der Waals surface area contributed by atoms with Crippen molar-refractivity contribution in [2.24, 2.45) is 0 Å². The van der Waals surface area contributed by atoms with Crippen LogP contribution in [0.5, 0.6) is 5.75 Å². The largest absolute Gasteiger partial charge is 0.492 e. The van der Waals surface area contributed by atoms with Crippen LogP contribution in [0.3, 0.4) is 0 Å². The third-order valence-electron chi connectivity index (χ3n) is 1.58. The number of halogens is 1. The molecular weight excluding hydrogens is 218 g/mol. The number of benzene rings is 1. The van der Waals surface area contributed by atoms with Crippen LogP contribution in [0.2, 0.25) is 0 Å². The van der Waals surface area contributed by atoms with Crippen molar-refractivity contribution in [3.63, 3.8) is 0 Å². The van der Waals surface area contributed by atoms with Gasteiger partial charge in [-0.2, -0.15) is 12.6 Å². The van der Waals surface area contributed by atoms with E-state index in [9.17, 15) is 0 Å². The van der Waals surface area contributed by atoms with Crippen LogP contribution in [0.25, 0.3) is 0 Å². The Bertz CT molecular complexity index is 221. The molecule has 0 heterocycles. The minimum atomic E-state index is 0. The smallest absolute Gasteiger partial charge is 0.119 e. The molecule has 0 saturated heterocycles. The quantitative estimate of drug-likeness (QED) is 0.580. The zero-order chi connectivity index (χ0) is 9.36. The number of nitrogens with one attached hydrogen (secondary N) is 1. The number of para-hydroxylation sites is 1. The normalized spacial score (nSPS) is 9.21. The van der Waals surface area contributed by atoms with Crippen molar-refractivity contribution < 1.29 is 4.74 Å². The molecule has 0 aliphatic heterocycles. The minimum absolute atomic E-state index is 0. The van der Waals surface area contributed by atoms with Crippen LogP contribution < -0.4 is 10.1 Å². The van der Waals surface area contributed by atoms with Crippen LogP contribution in [0.15, 0.2) is 30.3 Å². The molecule has 2 nitrogen and oxygen atoms in total. The molecule has 4 heteroatoms. The van der Waals surface area contributed by atoms with Crippen molar-refractivity contribution >= 4 is 25.0 Å². The molecule has 0 spiro atoms. The Morgan fingerprint density at radius 3 is 2.50 bits per heavy atom. The second-order valence-electron chi connectivity index (χ2n) is 2.64. The second kappa shape index (κ2) is 9.19. The van der Waals surface area contributed by atoms with Crippen LogP contribution in [0.1, 0.15) is 0 Å². The van der Waals surface area contributed by atoms with Gasteiger partial charge in [0.1, 0.15) is 12.4 Å². The molecule has 0 radical (unpaired) electrons. The maximum Gasteiger partial charge on any atom is 0.119 e. The summed E-state index contributed by atoms with van der Waals surface area (Å²) in [4.78, 5) is 0. The van der Waals surface area contributed by atoms with Gasteiger partial charge in [0, 0.05) is 18.8 Å². The molecule has 14 heavy (non-hydrogen) atoms. The highest BCUT2D eigenvalue weighted by Crippen LogP contribution is 2.07. The lowest BCUT2D eigenvalue weighted by atomic mass is 10.3. The van der Waals surface area contributed by atoms with Crippen molar-refractivity contribution in [2.45, 2.75) is 0 Å². The molecule has 80 valence electrons. The molecule has 0 aliphatic rings. The molecule has 0 unspecified atom stereocenters. The fraction of sp³-hybridized carbons (Fsp3) is 0.400. The van der Waals surface area contributed by atoms with Crippen LogP contribution in [-0.2, 0) is 0 Å². The Morgan fingerprint density at radius 1 is 1.14 bits per heavy atom. The number of thiol groups is 1. The van der Waals surface area contributed by atoms with Gasteiger partial charge in [-0.25, -0.2) is 0 Å². The first-order chi connectivity index (χ1) is 6.43. The van der Waals surface area contributed by atoms with Gasteiger partial charge in [-0.1, -0.05) is 18.2 Å². The van der Waals surface area contributed by atoms with Gasteiger partial charge in [-0.15, -0.1) is 12.4 Å². The Balaban J connectivity index is 0.00000169. The summed E-state index contributed by atoms with van der Waals surface area (Å²) in [6.07, 6.45) is 0. The summed E-state index contributed by atoms with van der Waals surface area (Å²) in [5, 5.41) is 3.20. The standard InChI is InChI=1S/C10H15NOS.ClH/c13-9-7-11-6-8-12-10-4-2-1-3-5-10;/h1-5,11,13H,6-9H2;1H. The van der Waals surface area contributed by atoms with E-state index < -0.39 is 0 Å². The van der Waals surface area contributed by atoms with Crippen LogP contribution in [-0.4, -0.2) is 25.4 Å². The van der Waals surface area contributed by atoms with Gasteiger partial charge in [-0.3, -0.25) is 0 Å². The van der Waals surface area contributed by atoms with Gasteiger partial charge in [0.25, 0.3) is 0 Å². The van der Waals surface area contributed by atoms with Crippen LogP contribution in [0.4, 0.5) is 0 Å². The zero-order valence-corrected chi connectivity index (χ0v) is 9.69. The summed E-state index contributed by atoms with van der Waals surface area (Å²) in [6, 6.07) is 9.83. The number of ether oxygens (including phenoxy) is 1. The predicted molar refractivity (Wildman–Crippen MR) is 65.9 cm³/mol. The maximum atomic E-state index is 5.47. The molecular formula is C10H16ClNOS. The number of hydrogen-bond donors (Lipinski definition) is 2. The maximum absolute atomic E-state index is 5.47. The first-order valence-corrected chi connectivity index (χ1v) is 5.06. The van der Waals surface area contributed by atoms with Crippen LogP contribution in [0, 0.1) is 0 Å². The van der Waals surface area contributed by atoms with E-state index in [-0.39, 0.29) is 12.4 Å². The highest BCUT2D eigenvalue weighted by Gasteiger charge is 1.89. The molecule has 0 amide bonds. The molecule has 0 aliphatic carbocycles. The number of hydrogen-bond acceptors (Lipinski definition) is 3. The van der Waals surface area contributed by atoms with Crippen molar-refractivity contribution in [3.8, 4) is 5.75 Å². The Kier molecular flexibility index (Phi) is 8.94.